The Labute approximate surface area is 117 Å². The number of benzene rings is 1. The van der Waals surface area contributed by atoms with E-state index in [1.807, 2.05) is 31.2 Å². The van der Waals surface area contributed by atoms with Gasteiger partial charge in [-0.2, -0.15) is 5.10 Å². The molecule has 104 valence electrons. The molecule has 0 atom stereocenters. The molecule has 0 aliphatic heterocycles. The third kappa shape index (κ3) is 3.12. The second-order valence-electron chi connectivity index (χ2n) is 5.01. The molecule has 1 aromatic carbocycles. The number of hydrogen-bond acceptors (Lipinski definition) is 3. The summed E-state index contributed by atoms with van der Waals surface area (Å²) >= 11 is 0. The summed E-state index contributed by atoms with van der Waals surface area (Å²) in [6.07, 6.45) is 0. The number of amides is 1. The molecule has 0 aliphatic carbocycles. The minimum absolute atomic E-state index is 0.189. The lowest BCUT2D eigenvalue weighted by Crippen LogP contribution is -2.24. The van der Waals surface area contributed by atoms with Gasteiger partial charge < -0.3 is 5.32 Å². The Morgan fingerprint density at radius 3 is 2.50 bits per heavy atom. The zero-order chi connectivity index (χ0) is 14.7. The Bertz CT molecular complexity index is 672. The predicted molar refractivity (Wildman–Crippen MR) is 78.5 cm³/mol. The molecule has 0 unspecified atom stereocenters. The fourth-order valence-electron chi connectivity index (χ4n) is 1.65. The van der Waals surface area contributed by atoms with Gasteiger partial charge in [-0.25, -0.2) is 5.10 Å². The van der Waals surface area contributed by atoms with E-state index in [-0.39, 0.29) is 17.5 Å². The normalized spacial score (nSPS) is 10.6. The van der Waals surface area contributed by atoms with Crippen molar-refractivity contribution in [3.8, 4) is 11.3 Å². The van der Waals surface area contributed by atoms with Crippen molar-refractivity contribution in [3.05, 3.63) is 46.2 Å². The summed E-state index contributed by atoms with van der Waals surface area (Å²) in [5.41, 5.74) is 2.45. The van der Waals surface area contributed by atoms with Crippen LogP contribution in [0.3, 0.4) is 0 Å². The highest BCUT2D eigenvalue weighted by molar-refractivity contribution is 5.92. The highest BCUT2D eigenvalue weighted by Gasteiger charge is 2.11. The number of carbonyl (C=O) groups excluding carboxylic acids is 1. The molecule has 1 amide bonds. The van der Waals surface area contributed by atoms with Crippen LogP contribution >= 0.6 is 0 Å². The van der Waals surface area contributed by atoms with Gasteiger partial charge in [-0.3, -0.25) is 9.59 Å². The zero-order valence-corrected chi connectivity index (χ0v) is 11.7. The number of carbonyl (C=O) groups is 1. The van der Waals surface area contributed by atoms with Crippen molar-refractivity contribution in [2.45, 2.75) is 20.8 Å². The average molecular weight is 271 g/mol. The summed E-state index contributed by atoms with van der Waals surface area (Å²) in [7, 11) is 0. The summed E-state index contributed by atoms with van der Waals surface area (Å²) in [4.78, 5) is 23.4. The number of rotatable bonds is 3. The molecule has 0 saturated carbocycles. The highest BCUT2D eigenvalue weighted by Crippen LogP contribution is 2.18. The fraction of sp³-hybridized carbons (Fsp3) is 0.267. The Kier molecular flexibility index (Phi) is 3.98. The number of aryl methyl sites for hydroxylation is 1. The maximum absolute atomic E-state index is 11.7. The first-order valence-corrected chi connectivity index (χ1v) is 6.45. The van der Waals surface area contributed by atoms with E-state index in [9.17, 15) is 9.59 Å². The molecular weight excluding hydrogens is 254 g/mol. The van der Waals surface area contributed by atoms with Crippen LogP contribution in [-0.4, -0.2) is 16.1 Å². The van der Waals surface area contributed by atoms with Crippen LogP contribution < -0.4 is 10.9 Å². The zero-order valence-electron chi connectivity index (χ0n) is 11.7. The molecule has 0 aliphatic rings. The van der Waals surface area contributed by atoms with Crippen LogP contribution in [0, 0.1) is 12.8 Å². The average Bonchev–Trinajstić information content (AvgIpc) is 2.42. The largest absolute Gasteiger partial charge is 0.321 e. The molecule has 1 heterocycles. The Morgan fingerprint density at radius 1 is 1.25 bits per heavy atom. The topological polar surface area (TPSA) is 74.8 Å². The van der Waals surface area contributed by atoms with Gasteiger partial charge in [0.2, 0.25) is 5.91 Å². The maximum atomic E-state index is 11.7. The monoisotopic (exact) mass is 271 g/mol. The summed E-state index contributed by atoms with van der Waals surface area (Å²) in [5, 5.41) is 9.02. The van der Waals surface area contributed by atoms with Crippen LogP contribution in [0.2, 0.25) is 0 Å². The van der Waals surface area contributed by atoms with Crippen molar-refractivity contribution >= 4 is 11.6 Å². The van der Waals surface area contributed by atoms with E-state index >= 15 is 0 Å². The van der Waals surface area contributed by atoms with Gasteiger partial charge in [0.25, 0.3) is 5.56 Å². The van der Waals surface area contributed by atoms with E-state index in [4.69, 9.17) is 0 Å². The molecule has 5 heteroatoms. The second-order valence-corrected chi connectivity index (χ2v) is 5.01. The summed E-state index contributed by atoms with van der Waals surface area (Å²) < 4.78 is 0. The van der Waals surface area contributed by atoms with Gasteiger partial charge in [-0.1, -0.05) is 43.7 Å². The van der Waals surface area contributed by atoms with Crippen LogP contribution in [0.25, 0.3) is 11.3 Å². The molecule has 2 aromatic rings. The third-order valence-electron chi connectivity index (χ3n) is 2.93. The molecule has 2 rings (SSSR count). The summed E-state index contributed by atoms with van der Waals surface area (Å²) in [6.45, 7) is 5.54. The fourth-order valence-corrected chi connectivity index (χ4v) is 1.65. The first kappa shape index (κ1) is 14.0. The standard InChI is InChI=1S/C15H17N3O2/c1-9(2)14(19)16-13-8-12(17-18-15(13)20)11-6-4-10(3)5-7-11/h4-9H,1-3H3,(H,18,20)(H,16,17,19). The van der Waals surface area contributed by atoms with E-state index in [0.29, 0.717) is 5.69 Å². The van der Waals surface area contributed by atoms with E-state index < -0.39 is 5.56 Å². The quantitative estimate of drug-likeness (QED) is 0.899. The lowest BCUT2D eigenvalue weighted by atomic mass is 10.1. The number of H-pyrrole nitrogens is 1. The van der Waals surface area contributed by atoms with E-state index in [1.165, 1.54) is 0 Å². The smallest absolute Gasteiger partial charge is 0.287 e. The first-order valence-electron chi connectivity index (χ1n) is 6.45. The number of nitrogens with zero attached hydrogens (tertiary/aromatic N) is 1. The molecule has 2 N–H and O–H groups in total. The molecule has 5 nitrogen and oxygen atoms in total. The number of hydrogen-bond donors (Lipinski definition) is 2. The van der Waals surface area contributed by atoms with Crippen LogP contribution in [0.4, 0.5) is 5.69 Å². The van der Waals surface area contributed by atoms with E-state index in [1.54, 1.807) is 19.9 Å². The van der Waals surface area contributed by atoms with Gasteiger partial charge in [0, 0.05) is 11.5 Å². The number of nitrogens with one attached hydrogen (secondary N) is 2. The van der Waals surface area contributed by atoms with Crippen LogP contribution in [0.15, 0.2) is 35.1 Å². The third-order valence-corrected chi connectivity index (χ3v) is 2.93. The van der Waals surface area contributed by atoms with Crippen molar-refractivity contribution in [2.75, 3.05) is 5.32 Å². The van der Waals surface area contributed by atoms with Crippen molar-refractivity contribution in [2.24, 2.45) is 5.92 Å². The predicted octanol–water partition coefficient (Wildman–Crippen LogP) is 2.34. The Balaban J connectivity index is 2.35. The van der Waals surface area contributed by atoms with E-state index in [0.717, 1.165) is 11.1 Å². The van der Waals surface area contributed by atoms with Gasteiger partial charge in [-0.05, 0) is 13.0 Å². The first-order chi connectivity index (χ1) is 9.47. The molecule has 0 bridgehead atoms. The van der Waals surface area contributed by atoms with Gasteiger partial charge in [-0.15, -0.1) is 0 Å². The number of anilines is 1. The Morgan fingerprint density at radius 2 is 1.90 bits per heavy atom. The van der Waals surface area contributed by atoms with Crippen molar-refractivity contribution in [1.82, 2.24) is 10.2 Å². The van der Waals surface area contributed by atoms with Gasteiger partial charge in [0.1, 0.15) is 5.69 Å². The maximum Gasteiger partial charge on any atom is 0.287 e. The second kappa shape index (κ2) is 5.69. The van der Waals surface area contributed by atoms with Crippen molar-refractivity contribution < 1.29 is 4.79 Å². The molecule has 20 heavy (non-hydrogen) atoms. The van der Waals surface area contributed by atoms with Crippen molar-refractivity contribution in [3.63, 3.8) is 0 Å². The molecule has 1 aromatic heterocycles. The highest BCUT2D eigenvalue weighted by atomic mass is 16.2. The number of aromatic nitrogens is 2. The van der Waals surface area contributed by atoms with Crippen LogP contribution in [0.1, 0.15) is 19.4 Å². The SMILES string of the molecule is Cc1ccc(-c2cc(NC(=O)C(C)C)c(=O)[nH]n2)cc1. The van der Waals surface area contributed by atoms with Gasteiger partial charge in [0.15, 0.2) is 0 Å². The summed E-state index contributed by atoms with van der Waals surface area (Å²) in [6, 6.07) is 9.36. The molecular formula is C15H17N3O2. The van der Waals surface area contributed by atoms with Gasteiger partial charge in [0.05, 0.1) is 5.69 Å². The lowest BCUT2D eigenvalue weighted by molar-refractivity contribution is -0.118. The van der Waals surface area contributed by atoms with Crippen LogP contribution in [-0.2, 0) is 4.79 Å². The molecule has 0 fully saturated rings. The molecule has 0 spiro atoms. The Hall–Kier alpha value is -2.43. The molecule has 0 saturated heterocycles. The molecule has 0 radical (unpaired) electrons. The lowest BCUT2D eigenvalue weighted by Gasteiger charge is -2.08. The van der Waals surface area contributed by atoms with Crippen LogP contribution in [0.5, 0.6) is 0 Å². The minimum atomic E-state index is -0.408. The summed E-state index contributed by atoms with van der Waals surface area (Å²) in [5.74, 6) is -0.387. The van der Waals surface area contributed by atoms with E-state index in [2.05, 4.69) is 15.5 Å². The minimum Gasteiger partial charge on any atom is -0.321 e. The number of aromatic amines is 1. The van der Waals surface area contributed by atoms with Gasteiger partial charge >= 0.3 is 0 Å². The van der Waals surface area contributed by atoms with Crippen molar-refractivity contribution in [1.29, 1.82) is 0 Å².